The Morgan fingerprint density at radius 3 is 2.63 bits per heavy atom. The van der Waals surface area contributed by atoms with Gasteiger partial charge in [0, 0.05) is 6.54 Å². The highest BCUT2D eigenvalue weighted by atomic mass is 16.5. The van der Waals surface area contributed by atoms with Crippen LogP contribution in [-0.2, 0) is 9.53 Å². The molecule has 0 saturated carbocycles. The molecule has 0 aliphatic rings. The molecule has 19 heavy (non-hydrogen) atoms. The molecule has 1 atom stereocenters. The number of hydrogen-bond acceptors (Lipinski definition) is 3. The lowest BCUT2D eigenvalue weighted by molar-refractivity contribution is -0.142. The standard InChI is InChI=1S/C13H18N2O4/c1-10(11-5-3-2-4-6-11)15-13(18)14-7-8-19-9-12(16)17/h2-6,10H,7-9H2,1H3,(H,16,17)(H2,14,15,18). The van der Waals surface area contributed by atoms with Crippen LogP contribution in [0.3, 0.4) is 0 Å². The van der Waals surface area contributed by atoms with Crippen molar-refractivity contribution in [2.24, 2.45) is 0 Å². The van der Waals surface area contributed by atoms with Gasteiger partial charge in [0.1, 0.15) is 6.61 Å². The van der Waals surface area contributed by atoms with Gasteiger partial charge in [-0.2, -0.15) is 0 Å². The van der Waals surface area contributed by atoms with Crippen molar-refractivity contribution in [3.63, 3.8) is 0 Å². The Bertz CT molecular complexity index is 408. The zero-order valence-corrected chi connectivity index (χ0v) is 10.8. The van der Waals surface area contributed by atoms with Gasteiger partial charge >= 0.3 is 12.0 Å². The fraction of sp³-hybridized carbons (Fsp3) is 0.385. The first kappa shape index (κ1) is 15.0. The van der Waals surface area contributed by atoms with Gasteiger partial charge < -0.3 is 20.5 Å². The average Bonchev–Trinajstić information content (AvgIpc) is 2.39. The first-order chi connectivity index (χ1) is 9.09. The molecule has 1 rings (SSSR count). The van der Waals surface area contributed by atoms with Crippen LogP contribution in [0.15, 0.2) is 30.3 Å². The van der Waals surface area contributed by atoms with Crippen molar-refractivity contribution >= 4 is 12.0 Å². The second kappa shape index (κ2) is 8.10. The Morgan fingerprint density at radius 1 is 1.32 bits per heavy atom. The van der Waals surface area contributed by atoms with Gasteiger partial charge in [0.25, 0.3) is 0 Å². The summed E-state index contributed by atoms with van der Waals surface area (Å²) in [5.41, 5.74) is 1.01. The van der Waals surface area contributed by atoms with Gasteiger partial charge in [-0.1, -0.05) is 30.3 Å². The van der Waals surface area contributed by atoms with Crippen molar-refractivity contribution in [3.05, 3.63) is 35.9 Å². The van der Waals surface area contributed by atoms with E-state index in [0.29, 0.717) is 0 Å². The molecule has 1 aromatic carbocycles. The summed E-state index contributed by atoms with van der Waals surface area (Å²) < 4.78 is 4.79. The maximum atomic E-state index is 11.5. The van der Waals surface area contributed by atoms with E-state index in [1.807, 2.05) is 37.3 Å². The molecule has 0 aliphatic heterocycles. The van der Waals surface area contributed by atoms with Crippen LogP contribution in [0.2, 0.25) is 0 Å². The van der Waals surface area contributed by atoms with E-state index >= 15 is 0 Å². The van der Waals surface area contributed by atoms with Crippen molar-refractivity contribution in [2.45, 2.75) is 13.0 Å². The van der Waals surface area contributed by atoms with E-state index in [4.69, 9.17) is 9.84 Å². The number of benzene rings is 1. The fourth-order valence-electron chi connectivity index (χ4n) is 1.47. The van der Waals surface area contributed by atoms with Crippen LogP contribution < -0.4 is 10.6 Å². The van der Waals surface area contributed by atoms with Gasteiger partial charge in [-0.15, -0.1) is 0 Å². The molecule has 0 heterocycles. The summed E-state index contributed by atoms with van der Waals surface area (Å²) in [5.74, 6) is -1.03. The van der Waals surface area contributed by atoms with Crippen molar-refractivity contribution in [1.82, 2.24) is 10.6 Å². The molecule has 6 nitrogen and oxygen atoms in total. The van der Waals surface area contributed by atoms with Crippen LogP contribution in [0.5, 0.6) is 0 Å². The number of aliphatic carboxylic acids is 1. The number of rotatable bonds is 7. The van der Waals surface area contributed by atoms with E-state index in [-0.39, 0.29) is 31.8 Å². The fourth-order valence-corrected chi connectivity index (χ4v) is 1.47. The van der Waals surface area contributed by atoms with Gasteiger partial charge in [-0.25, -0.2) is 9.59 Å². The minimum atomic E-state index is -1.03. The maximum Gasteiger partial charge on any atom is 0.329 e. The van der Waals surface area contributed by atoms with E-state index in [2.05, 4.69) is 10.6 Å². The van der Waals surface area contributed by atoms with Crippen molar-refractivity contribution in [3.8, 4) is 0 Å². The Labute approximate surface area is 111 Å². The number of carboxylic acids is 1. The van der Waals surface area contributed by atoms with Crippen LogP contribution in [0.1, 0.15) is 18.5 Å². The van der Waals surface area contributed by atoms with Crippen LogP contribution in [0.4, 0.5) is 4.79 Å². The molecule has 0 radical (unpaired) electrons. The topological polar surface area (TPSA) is 87.7 Å². The number of urea groups is 1. The molecule has 0 aliphatic carbocycles. The smallest absolute Gasteiger partial charge is 0.329 e. The highest BCUT2D eigenvalue weighted by molar-refractivity contribution is 5.74. The summed E-state index contributed by atoms with van der Waals surface area (Å²) in [6.45, 7) is 1.96. The normalized spacial score (nSPS) is 11.6. The third-order valence-corrected chi connectivity index (χ3v) is 2.40. The molecular formula is C13H18N2O4. The minimum absolute atomic E-state index is 0.0962. The Hall–Kier alpha value is -2.08. The van der Waals surface area contributed by atoms with Crippen molar-refractivity contribution in [1.29, 1.82) is 0 Å². The number of nitrogens with one attached hydrogen (secondary N) is 2. The number of hydrogen-bond donors (Lipinski definition) is 3. The summed E-state index contributed by atoms with van der Waals surface area (Å²) in [6.07, 6.45) is 0. The van der Waals surface area contributed by atoms with E-state index in [1.54, 1.807) is 0 Å². The van der Waals surface area contributed by atoms with Crippen LogP contribution in [-0.4, -0.2) is 36.9 Å². The quantitative estimate of drug-likeness (QED) is 0.646. The second-order valence-corrected chi connectivity index (χ2v) is 3.98. The van der Waals surface area contributed by atoms with Gasteiger partial charge in [-0.05, 0) is 12.5 Å². The lowest BCUT2D eigenvalue weighted by Crippen LogP contribution is -2.38. The first-order valence-corrected chi connectivity index (χ1v) is 5.98. The second-order valence-electron chi connectivity index (χ2n) is 3.98. The van der Waals surface area contributed by atoms with Crippen molar-refractivity contribution in [2.75, 3.05) is 19.8 Å². The summed E-state index contributed by atoms with van der Waals surface area (Å²) >= 11 is 0. The van der Waals surface area contributed by atoms with Gasteiger partial charge in [0.15, 0.2) is 0 Å². The molecule has 1 aromatic rings. The average molecular weight is 266 g/mol. The van der Waals surface area contributed by atoms with Crippen LogP contribution in [0, 0.1) is 0 Å². The molecule has 3 N–H and O–H groups in total. The van der Waals surface area contributed by atoms with Gasteiger partial charge in [0.05, 0.1) is 12.6 Å². The lowest BCUT2D eigenvalue weighted by Gasteiger charge is -2.14. The van der Waals surface area contributed by atoms with E-state index in [1.165, 1.54) is 0 Å². The van der Waals surface area contributed by atoms with Gasteiger partial charge in [0.2, 0.25) is 0 Å². The SMILES string of the molecule is CC(NC(=O)NCCOCC(=O)O)c1ccccc1. The van der Waals surface area contributed by atoms with E-state index in [9.17, 15) is 9.59 Å². The van der Waals surface area contributed by atoms with E-state index in [0.717, 1.165) is 5.56 Å². The third kappa shape index (κ3) is 6.42. The molecule has 0 saturated heterocycles. The molecule has 0 bridgehead atoms. The predicted molar refractivity (Wildman–Crippen MR) is 69.8 cm³/mol. The van der Waals surface area contributed by atoms with Gasteiger partial charge in [-0.3, -0.25) is 0 Å². The number of carboxylic acid groups (broad SMARTS) is 1. The molecule has 2 amide bonds. The first-order valence-electron chi connectivity index (χ1n) is 5.98. The molecule has 0 fully saturated rings. The minimum Gasteiger partial charge on any atom is -0.480 e. The summed E-state index contributed by atoms with van der Waals surface area (Å²) in [7, 11) is 0. The number of ether oxygens (including phenoxy) is 1. The number of carbonyl (C=O) groups is 2. The highest BCUT2D eigenvalue weighted by Crippen LogP contribution is 2.10. The molecule has 0 aromatic heterocycles. The molecule has 1 unspecified atom stereocenters. The summed E-state index contributed by atoms with van der Waals surface area (Å²) in [4.78, 5) is 21.7. The monoisotopic (exact) mass is 266 g/mol. The van der Waals surface area contributed by atoms with Crippen LogP contribution >= 0.6 is 0 Å². The molecule has 104 valence electrons. The lowest BCUT2D eigenvalue weighted by atomic mass is 10.1. The van der Waals surface area contributed by atoms with E-state index < -0.39 is 5.97 Å². The van der Waals surface area contributed by atoms with Crippen LogP contribution in [0.25, 0.3) is 0 Å². The maximum absolute atomic E-state index is 11.5. The van der Waals surface area contributed by atoms with Crippen molar-refractivity contribution < 1.29 is 19.4 Å². The molecular weight excluding hydrogens is 248 g/mol. The zero-order chi connectivity index (χ0) is 14.1. The summed E-state index contributed by atoms with van der Waals surface area (Å²) in [5, 5.41) is 13.7. The molecule has 0 spiro atoms. The number of carbonyl (C=O) groups excluding carboxylic acids is 1. The Morgan fingerprint density at radius 2 is 2.00 bits per heavy atom. The summed E-state index contributed by atoms with van der Waals surface area (Å²) in [6, 6.07) is 9.19. The predicted octanol–water partition coefficient (Wildman–Crippen LogP) is 1.15. The highest BCUT2D eigenvalue weighted by Gasteiger charge is 2.08. The zero-order valence-electron chi connectivity index (χ0n) is 10.8. The largest absolute Gasteiger partial charge is 0.480 e. The number of amides is 2. The third-order valence-electron chi connectivity index (χ3n) is 2.40. The Balaban J connectivity index is 2.19. The Kier molecular flexibility index (Phi) is 6.38. The molecule has 6 heteroatoms.